The van der Waals surface area contributed by atoms with Gasteiger partial charge in [0.1, 0.15) is 0 Å². The molecule has 1 amide bonds. The first-order valence-corrected chi connectivity index (χ1v) is 7.76. The molecular weight excluding hydrogens is 328 g/mol. The fourth-order valence-electron chi connectivity index (χ4n) is 2.64. The minimum absolute atomic E-state index is 0.188. The zero-order valence-electron chi connectivity index (χ0n) is 12.8. The van der Waals surface area contributed by atoms with Crippen LogP contribution >= 0.6 is 11.6 Å². The van der Waals surface area contributed by atoms with Crippen LogP contribution in [0.2, 0.25) is 5.02 Å². The van der Waals surface area contributed by atoms with Gasteiger partial charge < -0.3 is 9.47 Å². The van der Waals surface area contributed by atoms with Gasteiger partial charge in [0.2, 0.25) is 6.79 Å². The van der Waals surface area contributed by atoms with Crippen molar-refractivity contribution in [1.29, 1.82) is 0 Å². The largest absolute Gasteiger partial charge is 0.454 e. The third-order valence-corrected chi connectivity index (χ3v) is 4.06. The third kappa shape index (κ3) is 2.53. The summed E-state index contributed by atoms with van der Waals surface area (Å²) in [4.78, 5) is 12.7. The van der Waals surface area contributed by atoms with Crippen molar-refractivity contribution in [3.05, 3.63) is 58.6 Å². The smallest absolute Gasteiger partial charge is 0.280 e. The Hall–Kier alpha value is -2.79. The Balaban J connectivity index is 1.67. The van der Waals surface area contributed by atoms with E-state index >= 15 is 0 Å². The molecule has 2 aliphatic heterocycles. The summed E-state index contributed by atoms with van der Waals surface area (Å²) >= 11 is 6.00. The Morgan fingerprint density at radius 2 is 2.00 bits per heavy atom. The molecule has 4 rings (SSSR count). The molecule has 0 fully saturated rings. The van der Waals surface area contributed by atoms with E-state index in [9.17, 15) is 4.79 Å². The number of fused-ring (bicyclic) bond motifs is 1. The molecule has 0 spiro atoms. The van der Waals surface area contributed by atoms with Gasteiger partial charge in [-0.2, -0.15) is 10.1 Å². The number of benzene rings is 2. The SMILES string of the molecule is CC1=NN(c2cccc(Cl)c2)C(=O)/C1=C\c1ccc2c(c1)OCO2. The number of nitrogens with zero attached hydrogens (tertiary/aromatic N) is 2. The van der Waals surface area contributed by atoms with Gasteiger partial charge in [0, 0.05) is 5.02 Å². The van der Waals surface area contributed by atoms with Crippen LogP contribution in [0.3, 0.4) is 0 Å². The fraction of sp³-hybridized carbons (Fsp3) is 0.111. The topological polar surface area (TPSA) is 51.1 Å². The Morgan fingerprint density at radius 3 is 2.83 bits per heavy atom. The maximum atomic E-state index is 12.7. The van der Waals surface area contributed by atoms with E-state index in [-0.39, 0.29) is 12.7 Å². The van der Waals surface area contributed by atoms with Crippen LogP contribution < -0.4 is 14.5 Å². The maximum absolute atomic E-state index is 12.7. The van der Waals surface area contributed by atoms with Gasteiger partial charge in [0.25, 0.3) is 5.91 Å². The Morgan fingerprint density at radius 1 is 1.17 bits per heavy atom. The van der Waals surface area contributed by atoms with Crippen LogP contribution in [-0.4, -0.2) is 18.4 Å². The van der Waals surface area contributed by atoms with Crippen molar-refractivity contribution in [2.24, 2.45) is 5.10 Å². The Bertz CT molecular complexity index is 905. The molecule has 2 aliphatic rings. The van der Waals surface area contributed by atoms with Crippen LogP contribution in [-0.2, 0) is 4.79 Å². The van der Waals surface area contributed by atoms with Crippen molar-refractivity contribution in [1.82, 2.24) is 0 Å². The summed E-state index contributed by atoms with van der Waals surface area (Å²) < 4.78 is 10.7. The van der Waals surface area contributed by atoms with Crippen molar-refractivity contribution >= 4 is 35.0 Å². The van der Waals surface area contributed by atoms with Crippen LogP contribution in [0.1, 0.15) is 12.5 Å². The number of rotatable bonds is 2. The van der Waals surface area contributed by atoms with Crippen LogP contribution in [0.4, 0.5) is 5.69 Å². The van der Waals surface area contributed by atoms with Crippen molar-refractivity contribution in [3.8, 4) is 11.5 Å². The molecule has 0 atom stereocenters. The number of halogens is 1. The molecule has 0 unspecified atom stereocenters. The van der Waals surface area contributed by atoms with Gasteiger partial charge in [-0.1, -0.05) is 23.7 Å². The van der Waals surface area contributed by atoms with Crippen molar-refractivity contribution in [3.63, 3.8) is 0 Å². The number of hydrogen-bond donors (Lipinski definition) is 0. The van der Waals surface area contributed by atoms with Gasteiger partial charge in [-0.05, 0) is 48.9 Å². The summed E-state index contributed by atoms with van der Waals surface area (Å²) in [5.74, 6) is 1.20. The summed E-state index contributed by atoms with van der Waals surface area (Å²) in [6.45, 7) is 2.03. The first-order valence-electron chi connectivity index (χ1n) is 7.39. The number of carbonyl (C=O) groups is 1. The molecule has 120 valence electrons. The maximum Gasteiger partial charge on any atom is 0.280 e. The van der Waals surface area contributed by atoms with Crippen LogP contribution in [0.15, 0.2) is 53.1 Å². The van der Waals surface area contributed by atoms with Gasteiger partial charge in [-0.3, -0.25) is 4.79 Å². The minimum Gasteiger partial charge on any atom is -0.454 e. The lowest BCUT2D eigenvalue weighted by Gasteiger charge is -2.11. The quantitative estimate of drug-likeness (QED) is 0.780. The van der Waals surface area contributed by atoms with E-state index in [0.29, 0.717) is 33.5 Å². The third-order valence-electron chi connectivity index (χ3n) is 3.82. The molecule has 0 N–H and O–H groups in total. The number of carbonyl (C=O) groups excluding carboxylic acids is 1. The van der Waals surface area contributed by atoms with Crippen LogP contribution in [0.25, 0.3) is 6.08 Å². The summed E-state index contributed by atoms with van der Waals surface area (Å²) in [5, 5.41) is 6.27. The number of anilines is 1. The molecule has 24 heavy (non-hydrogen) atoms. The van der Waals surface area contributed by atoms with E-state index in [4.69, 9.17) is 21.1 Å². The molecule has 2 heterocycles. The van der Waals surface area contributed by atoms with Gasteiger partial charge >= 0.3 is 0 Å². The second kappa shape index (κ2) is 5.69. The highest BCUT2D eigenvalue weighted by molar-refractivity contribution is 6.33. The lowest BCUT2D eigenvalue weighted by Crippen LogP contribution is -2.21. The minimum atomic E-state index is -0.188. The highest BCUT2D eigenvalue weighted by Crippen LogP contribution is 2.34. The highest BCUT2D eigenvalue weighted by atomic mass is 35.5. The van der Waals surface area contributed by atoms with Crippen molar-refractivity contribution in [2.75, 3.05) is 11.8 Å². The summed E-state index contributed by atoms with van der Waals surface area (Å²) in [5.41, 5.74) is 2.68. The standard InChI is InChI=1S/C18H13ClN2O3/c1-11-15(7-12-5-6-16-17(8-12)24-10-23-16)18(22)21(20-11)14-4-2-3-13(19)9-14/h2-9H,10H2,1H3/b15-7-. The zero-order chi connectivity index (χ0) is 16.7. The van der Waals surface area contributed by atoms with Gasteiger partial charge in [0.15, 0.2) is 11.5 Å². The number of hydrogen-bond acceptors (Lipinski definition) is 4. The highest BCUT2D eigenvalue weighted by Gasteiger charge is 2.29. The van der Waals surface area contributed by atoms with Crippen molar-refractivity contribution in [2.45, 2.75) is 6.92 Å². The number of hydrazone groups is 1. The van der Waals surface area contributed by atoms with E-state index in [1.165, 1.54) is 5.01 Å². The molecule has 5 nitrogen and oxygen atoms in total. The molecule has 0 bridgehead atoms. The van der Waals surface area contributed by atoms with E-state index in [1.54, 1.807) is 37.3 Å². The predicted molar refractivity (Wildman–Crippen MR) is 92.6 cm³/mol. The zero-order valence-corrected chi connectivity index (χ0v) is 13.6. The average molecular weight is 341 g/mol. The van der Waals surface area contributed by atoms with E-state index in [2.05, 4.69) is 5.10 Å². The van der Waals surface area contributed by atoms with E-state index in [0.717, 1.165) is 5.56 Å². The molecule has 0 aromatic heterocycles. The summed E-state index contributed by atoms with van der Waals surface area (Å²) in [6.07, 6.45) is 1.80. The second-order valence-electron chi connectivity index (χ2n) is 5.45. The second-order valence-corrected chi connectivity index (χ2v) is 5.89. The summed E-state index contributed by atoms with van der Waals surface area (Å²) in [6, 6.07) is 12.6. The van der Waals surface area contributed by atoms with E-state index in [1.807, 2.05) is 18.2 Å². The Labute approximate surface area is 143 Å². The molecule has 0 saturated carbocycles. The summed E-state index contributed by atoms with van der Waals surface area (Å²) in [7, 11) is 0. The monoisotopic (exact) mass is 340 g/mol. The molecule has 6 heteroatoms. The predicted octanol–water partition coefficient (Wildman–Crippen LogP) is 3.87. The molecule has 2 aromatic carbocycles. The molecule has 0 saturated heterocycles. The van der Waals surface area contributed by atoms with Gasteiger partial charge in [0.05, 0.1) is 17.0 Å². The molecular formula is C18H13ClN2O3. The van der Waals surface area contributed by atoms with Crippen LogP contribution in [0, 0.1) is 0 Å². The first-order chi connectivity index (χ1) is 11.6. The van der Waals surface area contributed by atoms with E-state index < -0.39 is 0 Å². The number of amides is 1. The molecule has 0 radical (unpaired) electrons. The Kier molecular flexibility index (Phi) is 3.50. The number of ether oxygens (including phenoxy) is 2. The molecule has 2 aromatic rings. The lowest BCUT2D eigenvalue weighted by molar-refractivity contribution is -0.114. The van der Waals surface area contributed by atoms with Crippen LogP contribution in [0.5, 0.6) is 11.5 Å². The fourth-order valence-corrected chi connectivity index (χ4v) is 2.82. The first kappa shape index (κ1) is 14.8. The van der Waals surface area contributed by atoms with Crippen molar-refractivity contribution < 1.29 is 14.3 Å². The lowest BCUT2D eigenvalue weighted by atomic mass is 10.1. The van der Waals surface area contributed by atoms with Gasteiger partial charge in [-0.15, -0.1) is 0 Å². The average Bonchev–Trinajstić information content (AvgIpc) is 3.14. The normalized spacial score (nSPS) is 17.6. The van der Waals surface area contributed by atoms with Gasteiger partial charge in [-0.25, -0.2) is 0 Å². The molecule has 0 aliphatic carbocycles.